The molecule has 0 aromatic heterocycles. The molecule has 0 aliphatic heterocycles. The minimum atomic E-state index is -0.276. The van der Waals surface area contributed by atoms with E-state index in [0.29, 0.717) is 37.0 Å². The summed E-state index contributed by atoms with van der Waals surface area (Å²) in [5, 5.41) is 12.4. The predicted octanol–water partition coefficient (Wildman–Crippen LogP) is 5.12. The van der Waals surface area contributed by atoms with Crippen molar-refractivity contribution in [2.24, 2.45) is 10.8 Å². The Bertz CT molecular complexity index is 798. The van der Waals surface area contributed by atoms with E-state index in [1.54, 1.807) is 30.3 Å². The second kappa shape index (κ2) is 9.94. The van der Waals surface area contributed by atoms with Gasteiger partial charge < -0.3 is 10.5 Å². The van der Waals surface area contributed by atoms with Crippen LogP contribution in [0, 0.1) is 5.41 Å². The summed E-state index contributed by atoms with van der Waals surface area (Å²) in [5.41, 5.74) is 8.68. The Morgan fingerprint density at radius 1 is 1.20 bits per heavy atom. The number of benzene rings is 2. The third-order valence-electron chi connectivity index (χ3n) is 2.83. The fraction of sp³-hybridized carbons (Fsp3) is 0.0667. The van der Waals surface area contributed by atoms with E-state index in [0.717, 1.165) is 0 Å². The van der Waals surface area contributed by atoms with Crippen LogP contribution in [0.5, 0.6) is 5.75 Å². The van der Waals surface area contributed by atoms with Crippen LogP contribution in [-0.4, -0.2) is 12.2 Å². The van der Waals surface area contributed by atoms with E-state index in [9.17, 15) is 0 Å². The van der Waals surface area contributed by atoms with Crippen LogP contribution in [0.25, 0.3) is 0 Å². The molecule has 2 aromatic rings. The van der Waals surface area contributed by atoms with Crippen molar-refractivity contribution in [3.05, 3.63) is 61.5 Å². The van der Waals surface area contributed by atoms with E-state index in [2.05, 4.69) is 10.5 Å². The first-order valence-corrected chi connectivity index (χ1v) is 8.07. The summed E-state index contributed by atoms with van der Waals surface area (Å²) in [7, 11) is 0. The predicted molar refractivity (Wildman–Crippen MR) is 107 cm³/mol. The minimum absolute atomic E-state index is 0. The molecule has 0 amide bonds. The lowest BCUT2D eigenvalue weighted by molar-refractivity contribution is 0.306. The van der Waals surface area contributed by atoms with Gasteiger partial charge in [0.15, 0.2) is 0 Å². The molecule has 2 rings (SSSR count). The van der Waals surface area contributed by atoms with E-state index in [-0.39, 0.29) is 25.0 Å². The maximum absolute atomic E-state index is 7.03. The summed E-state index contributed by atoms with van der Waals surface area (Å²) in [6.07, 6.45) is 1.43. The lowest BCUT2D eigenvalue weighted by Gasteiger charge is -2.11. The zero-order valence-electron chi connectivity index (χ0n) is 12.5. The SMILES string of the molecule is Cl.N=C(N)NN=Cc1cccc(OCc2cc(Cl)cc(Cl)c2Cl)c1Cl. The highest BCUT2D eigenvalue weighted by atomic mass is 35.5. The third-order valence-corrected chi connectivity index (χ3v) is 4.30. The van der Waals surface area contributed by atoms with Crippen LogP contribution < -0.4 is 15.9 Å². The first-order chi connectivity index (χ1) is 11.4. The Hall–Kier alpha value is -1.37. The summed E-state index contributed by atoms with van der Waals surface area (Å²) >= 11 is 24.4. The van der Waals surface area contributed by atoms with E-state index < -0.39 is 0 Å². The topological polar surface area (TPSA) is 83.5 Å². The second-order valence-corrected chi connectivity index (χ2v) is 6.19. The Labute approximate surface area is 171 Å². The quantitative estimate of drug-likeness (QED) is 0.260. The first-order valence-electron chi connectivity index (χ1n) is 6.56. The van der Waals surface area contributed by atoms with Gasteiger partial charge in [0.2, 0.25) is 5.96 Å². The van der Waals surface area contributed by atoms with Gasteiger partial charge in [-0.15, -0.1) is 12.4 Å². The van der Waals surface area contributed by atoms with E-state index in [4.69, 9.17) is 62.3 Å². The van der Waals surface area contributed by atoms with Crippen LogP contribution >= 0.6 is 58.8 Å². The van der Waals surface area contributed by atoms with Crippen LogP contribution in [-0.2, 0) is 6.61 Å². The molecule has 4 N–H and O–H groups in total. The largest absolute Gasteiger partial charge is 0.487 e. The van der Waals surface area contributed by atoms with Crippen LogP contribution in [0.2, 0.25) is 20.1 Å². The average molecular weight is 443 g/mol. The lowest BCUT2D eigenvalue weighted by Crippen LogP contribution is -2.25. The second-order valence-electron chi connectivity index (χ2n) is 4.59. The van der Waals surface area contributed by atoms with Crippen LogP contribution in [0.3, 0.4) is 0 Å². The first kappa shape index (κ1) is 21.7. The standard InChI is InChI=1S/C15H12Cl4N4O.ClH/c16-10-4-9(13(18)11(17)5-10)7-24-12-3-1-2-8(14(12)19)6-22-23-15(20)21;/h1-6H,7H2,(H4,20,21,23);1H. The van der Waals surface area contributed by atoms with Gasteiger partial charge in [0, 0.05) is 16.1 Å². The molecule has 10 heteroatoms. The molecule has 0 atom stereocenters. The zero-order chi connectivity index (χ0) is 17.7. The van der Waals surface area contributed by atoms with Crippen molar-refractivity contribution in [2.45, 2.75) is 6.61 Å². The van der Waals surface area contributed by atoms with Crippen molar-refractivity contribution in [3.63, 3.8) is 0 Å². The summed E-state index contributed by atoms with van der Waals surface area (Å²) in [6, 6.07) is 8.43. The van der Waals surface area contributed by atoms with Gasteiger partial charge in [0.05, 0.1) is 21.3 Å². The molecule has 0 fully saturated rings. The van der Waals surface area contributed by atoms with Crippen LogP contribution in [0.15, 0.2) is 35.4 Å². The molecule has 0 aliphatic rings. The average Bonchev–Trinajstić information content (AvgIpc) is 2.51. The van der Waals surface area contributed by atoms with Crippen molar-refractivity contribution >= 4 is 71.0 Å². The Balaban J connectivity index is 0.00000312. The number of hydrazone groups is 1. The molecule has 0 bridgehead atoms. The van der Waals surface area contributed by atoms with Gasteiger partial charge in [0.25, 0.3) is 0 Å². The number of hydrogen-bond acceptors (Lipinski definition) is 3. The highest BCUT2D eigenvalue weighted by Crippen LogP contribution is 2.32. The Morgan fingerprint density at radius 3 is 2.60 bits per heavy atom. The van der Waals surface area contributed by atoms with Crippen LogP contribution in [0.4, 0.5) is 0 Å². The van der Waals surface area contributed by atoms with Crippen molar-refractivity contribution in [1.29, 1.82) is 5.41 Å². The van der Waals surface area contributed by atoms with Crippen molar-refractivity contribution < 1.29 is 4.74 Å². The highest BCUT2D eigenvalue weighted by molar-refractivity contribution is 6.43. The molecule has 0 saturated heterocycles. The highest BCUT2D eigenvalue weighted by Gasteiger charge is 2.10. The molecule has 2 aromatic carbocycles. The molecule has 0 heterocycles. The van der Waals surface area contributed by atoms with Gasteiger partial charge in [-0.3, -0.25) is 5.41 Å². The number of ether oxygens (including phenoxy) is 1. The maximum atomic E-state index is 7.03. The molecule has 5 nitrogen and oxygen atoms in total. The van der Waals surface area contributed by atoms with Gasteiger partial charge in [-0.2, -0.15) is 5.10 Å². The molecule has 0 saturated carbocycles. The van der Waals surface area contributed by atoms with Gasteiger partial charge >= 0.3 is 0 Å². The molecule has 0 aliphatic carbocycles. The van der Waals surface area contributed by atoms with Crippen molar-refractivity contribution in [2.75, 3.05) is 0 Å². The maximum Gasteiger partial charge on any atom is 0.206 e. The smallest absolute Gasteiger partial charge is 0.206 e. The molecular formula is C15H13Cl5N4O. The number of hydrogen-bond donors (Lipinski definition) is 3. The summed E-state index contributed by atoms with van der Waals surface area (Å²) < 4.78 is 5.70. The fourth-order valence-corrected chi connectivity index (χ4v) is 2.71. The molecule has 134 valence electrons. The normalized spacial score (nSPS) is 10.4. The van der Waals surface area contributed by atoms with Gasteiger partial charge in [-0.05, 0) is 18.2 Å². The fourth-order valence-electron chi connectivity index (χ4n) is 1.78. The number of nitrogens with two attached hydrogens (primary N) is 1. The van der Waals surface area contributed by atoms with Gasteiger partial charge in [-0.1, -0.05) is 58.5 Å². The number of nitrogens with zero attached hydrogens (tertiary/aromatic N) is 1. The van der Waals surface area contributed by atoms with Crippen LogP contribution in [0.1, 0.15) is 11.1 Å². The summed E-state index contributed by atoms with van der Waals surface area (Å²) in [4.78, 5) is 0. The van der Waals surface area contributed by atoms with Crippen molar-refractivity contribution in [3.8, 4) is 5.75 Å². The zero-order valence-corrected chi connectivity index (χ0v) is 16.4. The molecule has 0 unspecified atom stereocenters. The minimum Gasteiger partial charge on any atom is -0.487 e. The van der Waals surface area contributed by atoms with E-state index >= 15 is 0 Å². The Morgan fingerprint density at radius 2 is 1.92 bits per heavy atom. The summed E-state index contributed by atoms with van der Waals surface area (Å²) in [6.45, 7) is 0.144. The summed E-state index contributed by atoms with van der Waals surface area (Å²) in [5.74, 6) is 0.165. The number of halogens is 5. The van der Waals surface area contributed by atoms with E-state index in [1.165, 1.54) is 6.21 Å². The van der Waals surface area contributed by atoms with Gasteiger partial charge in [0.1, 0.15) is 12.4 Å². The molecule has 25 heavy (non-hydrogen) atoms. The number of rotatable bonds is 5. The van der Waals surface area contributed by atoms with Gasteiger partial charge in [-0.25, -0.2) is 5.43 Å². The van der Waals surface area contributed by atoms with E-state index in [1.807, 2.05) is 0 Å². The molecule has 0 spiro atoms. The lowest BCUT2D eigenvalue weighted by atomic mass is 10.2. The molecular weight excluding hydrogens is 429 g/mol. The van der Waals surface area contributed by atoms with Crippen molar-refractivity contribution in [1.82, 2.24) is 5.43 Å². The number of guanidine groups is 1. The Kier molecular flexibility index (Phi) is 8.62. The number of nitrogens with one attached hydrogen (secondary N) is 2. The monoisotopic (exact) mass is 440 g/mol. The molecule has 0 radical (unpaired) electrons. The third kappa shape index (κ3) is 6.13.